The molecule has 2 N–H and O–H groups in total. The Kier molecular flexibility index (Phi) is 6.09. The third kappa shape index (κ3) is 5.32. The molecule has 0 radical (unpaired) electrons. The summed E-state index contributed by atoms with van der Waals surface area (Å²) in [4.78, 5) is 16.1. The number of carbonyl (C=O) groups is 1. The topological polar surface area (TPSA) is 99.3 Å². The number of benzene rings is 2. The van der Waals surface area contributed by atoms with Crippen molar-refractivity contribution in [2.45, 2.75) is 20.8 Å². The molecule has 3 aromatic rings. The summed E-state index contributed by atoms with van der Waals surface area (Å²) in [5.74, 6) is -0.371. The number of aromatic nitrogens is 1. The number of rotatable bonds is 5. The van der Waals surface area contributed by atoms with Crippen molar-refractivity contribution in [3.63, 3.8) is 0 Å². The Morgan fingerprint density at radius 1 is 0.966 bits per heavy atom. The molecule has 0 unspecified atom stereocenters. The molecule has 2 aromatic carbocycles. The first kappa shape index (κ1) is 19.9. The van der Waals surface area contributed by atoms with Gasteiger partial charge in [0.1, 0.15) is 5.75 Å². The molecule has 146 valence electrons. The van der Waals surface area contributed by atoms with Gasteiger partial charge in [-0.05, 0) is 74.4 Å². The van der Waals surface area contributed by atoms with Gasteiger partial charge in [-0.2, -0.15) is 15.3 Å². The van der Waals surface area contributed by atoms with Crippen molar-refractivity contribution < 1.29 is 9.90 Å². The predicted molar refractivity (Wildman–Crippen MR) is 112 cm³/mol. The molecule has 3 rings (SSSR count). The summed E-state index contributed by atoms with van der Waals surface area (Å²) in [6.45, 7) is 5.90. The summed E-state index contributed by atoms with van der Waals surface area (Å²) in [6, 6.07) is 14.0. The van der Waals surface area contributed by atoms with Crippen molar-refractivity contribution in [2.24, 2.45) is 15.3 Å². The summed E-state index contributed by atoms with van der Waals surface area (Å²) >= 11 is 0. The highest BCUT2D eigenvalue weighted by Gasteiger charge is 2.05. The van der Waals surface area contributed by atoms with Gasteiger partial charge < -0.3 is 5.11 Å². The van der Waals surface area contributed by atoms with Crippen molar-refractivity contribution in [3.05, 3.63) is 82.7 Å². The number of hydrogen-bond acceptors (Lipinski definition) is 6. The van der Waals surface area contributed by atoms with Crippen LogP contribution in [0.25, 0.3) is 0 Å². The van der Waals surface area contributed by atoms with E-state index in [1.54, 1.807) is 24.3 Å². The lowest BCUT2D eigenvalue weighted by Crippen LogP contribution is -2.17. The van der Waals surface area contributed by atoms with E-state index in [9.17, 15) is 9.90 Å². The average Bonchev–Trinajstić information content (AvgIpc) is 2.71. The second-order valence-corrected chi connectivity index (χ2v) is 6.60. The van der Waals surface area contributed by atoms with Gasteiger partial charge in [-0.25, -0.2) is 5.43 Å². The molecule has 7 heteroatoms. The number of phenolic OH excluding ortho intramolecular Hbond substituents is 1. The standard InChI is InChI=1S/C22H21N5O2/c1-14-4-7-19(10-15(14)2)25-26-20-8-9-21(28)18(11-20)13-24-27-22(29)17-6-5-16(3)23-12-17/h4-13,28H,1-3H3,(H,27,29)/b24-13+,26-25?. The summed E-state index contributed by atoms with van der Waals surface area (Å²) in [7, 11) is 0. The fourth-order valence-corrected chi connectivity index (χ4v) is 2.44. The molecule has 0 aliphatic carbocycles. The molecule has 29 heavy (non-hydrogen) atoms. The van der Waals surface area contributed by atoms with Crippen LogP contribution >= 0.6 is 0 Å². The van der Waals surface area contributed by atoms with E-state index in [0.717, 1.165) is 16.9 Å². The van der Waals surface area contributed by atoms with E-state index < -0.39 is 0 Å². The molecule has 1 heterocycles. The Hall–Kier alpha value is -3.87. The number of pyridine rings is 1. The van der Waals surface area contributed by atoms with E-state index in [2.05, 4.69) is 25.7 Å². The Balaban J connectivity index is 1.70. The Morgan fingerprint density at radius 3 is 2.38 bits per heavy atom. The summed E-state index contributed by atoms with van der Waals surface area (Å²) in [5.41, 5.74) is 7.66. The van der Waals surface area contributed by atoms with Crippen LogP contribution in [0, 0.1) is 20.8 Å². The van der Waals surface area contributed by atoms with Crippen molar-refractivity contribution >= 4 is 23.5 Å². The third-order valence-electron chi connectivity index (χ3n) is 4.33. The minimum Gasteiger partial charge on any atom is -0.507 e. The lowest BCUT2D eigenvalue weighted by atomic mass is 10.1. The fourth-order valence-electron chi connectivity index (χ4n) is 2.44. The quantitative estimate of drug-likeness (QED) is 0.370. The van der Waals surface area contributed by atoms with Gasteiger partial charge in [0.15, 0.2) is 0 Å². The maximum Gasteiger partial charge on any atom is 0.272 e. The second kappa shape index (κ2) is 8.88. The molecule has 0 fully saturated rings. The van der Waals surface area contributed by atoms with Crippen LogP contribution in [0.15, 0.2) is 70.1 Å². The van der Waals surface area contributed by atoms with Crippen LogP contribution in [0.5, 0.6) is 5.75 Å². The highest BCUT2D eigenvalue weighted by Crippen LogP contribution is 2.25. The largest absolute Gasteiger partial charge is 0.507 e. The zero-order chi connectivity index (χ0) is 20.8. The minimum absolute atomic E-state index is 0.0186. The summed E-state index contributed by atoms with van der Waals surface area (Å²) < 4.78 is 0. The van der Waals surface area contributed by atoms with Crippen LogP contribution in [-0.2, 0) is 0 Å². The zero-order valence-electron chi connectivity index (χ0n) is 16.4. The van der Waals surface area contributed by atoms with Gasteiger partial charge in [0.25, 0.3) is 5.91 Å². The van der Waals surface area contributed by atoms with Crippen LogP contribution in [0.2, 0.25) is 0 Å². The number of aryl methyl sites for hydroxylation is 3. The smallest absolute Gasteiger partial charge is 0.272 e. The Bertz CT molecular complexity index is 1090. The molecule has 0 saturated heterocycles. The maximum absolute atomic E-state index is 12.0. The van der Waals surface area contributed by atoms with E-state index >= 15 is 0 Å². The van der Waals surface area contributed by atoms with E-state index in [0.29, 0.717) is 16.8 Å². The zero-order valence-corrected chi connectivity index (χ0v) is 16.4. The highest BCUT2D eigenvalue weighted by atomic mass is 16.3. The number of phenols is 1. The Labute approximate surface area is 168 Å². The minimum atomic E-state index is -0.390. The van der Waals surface area contributed by atoms with Crippen LogP contribution in [0.4, 0.5) is 11.4 Å². The van der Waals surface area contributed by atoms with Crippen LogP contribution in [0.1, 0.15) is 32.7 Å². The van der Waals surface area contributed by atoms with Gasteiger partial charge in [-0.15, -0.1) is 0 Å². The van der Waals surface area contributed by atoms with Gasteiger partial charge in [-0.3, -0.25) is 9.78 Å². The van der Waals surface area contributed by atoms with E-state index in [4.69, 9.17) is 0 Å². The maximum atomic E-state index is 12.0. The van der Waals surface area contributed by atoms with Crippen molar-refractivity contribution in [1.29, 1.82) is 0 Å². The number of aromatic hydroxyl groups is 1. The van der Waals surface area contributed by atoms with E-state index in [-0.39, 0.29) is 11.7 Å². The molecule has 0 aliphatic rings. The van der Waals surface area contributed by atoms with Gasteiger partial charge in [-0.1, -0.05) is 6.07 Å². The number of carbonyl (C=O) groups excluding carboxylic acids is 1. The van der Waals surface area contributed by atoms with Crippen LogP contribution in [0.3, 0.4) is 0 Å². The molecule has 0 saturated carbocycles. The highest BCUT2D eigenvalue weighted by molar-refractivity contribution is 5.94. The van der Waals surface area contributed by atoms with Gasteiger partial charge in [0, 0.05) is 17.5 Å². The van der Waals surface area contributed by atoms with Gasteiger partial charge in [0.05, 0.1) is 23.2 Å². The molecule has 0 atom stereocenters. The lowest BCUT2D eigenvalue weighted by molar-refractivity contribution is 0.0954. The number of nitrogens with zero attached hydrogens (tertiary/aromatic N) is 4. The van der Waals surface area contributed by atoms with Gasteiger partial charge in [0.2, 0.25) is 0 Å². The van der Waals surface area contributed by atoms with E-state index in [1.807, 2.05) is 39.0 Å². The van der Waals surface area contributed by atoms with E-state index in [1.165, 1.54) is 24.0 Å². The molecule has 0 aliphatic heterocycles. The lowest BCUT2D eigenvalue weighted by Gasteiger charge is -2.02. The normalized spacial score (nSPS) is 11.3. The molecule has 0 spiro atoms. The van der Waals surface area contributed by atoms with Crippen LogP contribution < -0.4 is 5.43 Å². The average molecular weight is 387 g/mol. The molecule has 0 bridgehead atoms. The van der Waals surface area contributed by atoms with Crippen molar-refractivity contribution in [2.75, 3.05) is 0 Å². The number of azo groups is 1. The fraction of sp³-hybridized carbons (Fsp3) is 0.136. The Morgan fingerprint density at radius 2 is 1.69 bits per heavy atom. The second-order valence-electron chi connectivity index (χ2n) is 6.60. The number of hydrogen-bond donors (Lipinski definition) is 2. The molecule has 1 amide bonds. The third-order valence-corrected chi connectivity index (χ3v) is 4.33. The monoisotopic (exact) mass is 387 g/mol. The first-order valence-corrected chi connectivity index (χ1v) is 9.00. The SMILES string of the molecule is Cc1ccc(C(=O)N/N=C/c2cc(N=Nc3ccc(C)c(C)c3)ccc2O)cn1. The number of nitrogens with one attached hydrogen (secondary N) is 1. The molecule has 1 aromatic heterocycles. The summed E-state index contributed by atoms with van der Waals surface area (Å²) in [5, 5.41) is 22.3. The summed E-state index contributed by atoms with van der Waals surface area (Å²) in [6.07, 6.45) is 2.83. The van der Waals surface area contributed by atoms with Crippen molar-refractivity contribution in [3.8, 4) is 5.75 Å². The molecule has 7 nitrogen and oxygen atoms in total. The number of hydrazone groups is 1. The van der Waals surface area contributed by atoms with Crippen molar-refractivity contribution in [1.82, 2.24) is 10.4 Å². The first-order chi connectivity index (χ1) is 13.9. The number of amides is 1. The van der Waals surface area contributed by atoms with Crippen LogP contribution in [-0.4, -0.2) is 22.2 Å². The van der Waals surface area contributed by atoms with Gasteiger partial charge >= 0.3 is 0 Å². The predicted octanol–water partition coefficient (Wildman–Crippen LogP) is 4.89. The molecular weight excluding hydrogens is 366 g/mol. The first-order valence-electron chi connectivity index (χ1n) is 9.00. The molecular formula is C22H21N5O2.